The topological polar surface area (TPSA) is 89.8 Å². The Morgan fingerprint density at radius 1 is 1.15 bits per heavy atom. The number of amides is 1. The molecular formula is C31H33ClFN5O2. The van der Waals surface area contributed by atoms with Crippen LogP contribution < -0.4 is 5.32 Å². The van der Waals surface area contributed by atoms with E-state index >= 15 is 4.39 Å². The number of hydrogen-bond donors (Lipinski definition) is 1. The summed E-state index contributed by atoms with van der Waals surface area (Å²) in [6.07, 6.45) is 6.68. The number of hydrogen-bond acceptors (Lipinski definition) is 5. The molecule has 0 saturated heterocycles. The lowest BCUT2D eigenvalue weighted by Crippen LogP contribution is -2.29. The third kappa shape index (κ3) is 5.77. The molecule has 1 aromatic carbocycles. The zero-order valence-corrected chi connectivity index (χ0v) is 23.9. The van der Waals surface area contributed by atoms with E-state index < -0.39 is 5.82 Å². The molecule has 1 N–H and O–H groups in total. The van der Waals surface area contributed by atoms with Gasteiger partial charge >= 0.3 is 0 Å². The second-order valence-corrected chi connectivity index (χ2v) is 11.5. The molecule has 5 rings (SSSR count). The monoisotopic (exact) mass is 561 g/mol. The third-order valence-corrected chi connectivity index (χ3v) is 8.06. The van der Waals surface area contributed by atoms with E-state index in [0.717, 1.165) is 36.0 Å². The number of pyridine rings is 2. The predicted octanol–water partition coefficient (Wildman–Crippen LogP) is 7.27. The van der Waals surface area contributed by atoms with Crippen molar-refractivity contribution in [2.24, 2.45) is 18.9 Å². The van der Waals surface area contributed by atoms with Crippen LogP contribution in [0.3, 0.4) is 0 Å². The first kappa shape index (κ1) is 27.9. The van der Waals surface area contributed by atoms with Gasteiger partial charge in [0.25, 0.3) is 0 Å². The average molecular weight is 562 g/mol. The number of rotatable bonds is 7. The zero-order chi connectivity index (χ0) is 28.6. The molecule has 0 bridgehead atoms. The molecule has 4 aromatic rings. The second-order valence-electron chi connectivity index (χ2n) is 11.1. The Morgan fingerprint density at radius 3 is 2.67 bits per heavy atom. The van der Waals surface area contributed by atoms with E-state index in [4.69, 9.17) is 11.6 Å². The van der Waals surface area contributed by atoms with E-state index in [2.05, 4.69) is 20.4 Å². The summed E-state index contributed by atoms with van der Waals surface area (Å²) < 4.78 is 16.8. The third-order valence-electron chi connectivity index (χ3n) is 7.76. The molecule has 7 nitrogen and oxygen atoms in total. The lowest BCUT2D eigenvalue weighted by Gasteiger charge is -2.28. The van der Waals surface area contributed by atoms with Crippen LogP contribution in [0.5, 0.6) is 0 Å². The fourth-order valence-corrected chi connectivity index (χ4v) is 6.01. The van der Waals surface area contributed by atoms with Crippen LogP contribution in [0.25, 0.3) is 22.0 Å². The van der Waals surface area contributed by atoms with Crippen molar-refractivity contribution >= 4 is 40.0 Å². The summed E-state index contributed by atoms with van der Waals surface area (Å²) in [4.78, 5) is 34.5. The molecule has 40 heavy (non-hydrogen) atoms. The van der Waals surface area contributed by atoms with Crippen molar-refractivity contribution in [3.8, 4) is 11.1 Å². The summed E-state index contributed by atoms with van der Waals surface area (Å²) in [5, 5.41) is 8.38. The van der Waals surface area contributed by atoms with Crippen LogP contribution >= 0.6 is 11.6 Å². The van der Waals surface area contributed by atoms with E-state index in [1.807, 2.05) is 46.0 Å². The molecule has 3 aromatic heterocycles. The van der Waals surface area contributed by atoms with Crippen LogP contribution in [-0.4, -0.2) is 31.4 Å². The van der Waals surface area contributed by atoms with Crippen LogP contribution in [0.15, 0.2) is 42.7 Å². The number of Topliss-reactive ketones (excluding diaryl/α,β-unsaturated/α-hetero) is 1. The minimum absolute atomic E-state index is 0.0565. The quantitative estimate of drug-likeness (QED) is 0.240. The largest absolute Gasteiger partial charge is 0.310 e. The van der Waals surface area contributed by atoms with E-state index in [-0.39, 0.29) is 29.4 Å². The van der Waals surface area contributed by atoms with E-state index in [9.17, 15) is 9.59 Å². The molecule has 1 aliphatic rings. The van der Waals surface area contributed by atoms with Gasteiger partial charge in [0.2, 0.25) is 5.91 Å². The Labute approximate surface area is 238 Å². The summed E-state index contributed by atoms with van der Waals surface area (Å²) in [5.74, 6) is -0.0953. The molecule has 208 valence electrons. The minimum Gasteiger partial charge on any atom is -0.310 e. The number of benzene rings is 1. The van der Waals surface area contributed by atoms with Gasteiger partial charge in [-0.05, 0) is 73.9 Å². The van der Waals surface area contributed by atoms with E-state index in [1.165, 1.54) is 12.3 Å². The number of nitrogens with zero attached hydrogens (tertiary/aromatic N) is 4. The van der Waals surface area contributed by atoms with Crippen molar-refractivity contribution in [2.45, 2.75) is 58.8 Å². The molecule has 3 heterocycles. The first-order valence-corrected chi connectivity index (χ1v) is 14.1. The Hall–Kier alpha value is -3.65. The Bertz CT molecular complexity index is 1580. The van der Waals surface area contributed by atoms with Crippen molar-refractivity contribution in [3.05, 3.63) is 70.5 Å². The van der Waals surface area contributed by atoms with Crippen LogP contribution in [0, 0.1) is 24.6 Å². The number of aromatic nitrogens is 4. The van der Waals surface area contributed by atoms with Crippen molar-refractivity contribution in [3.63, 3.8) is 0 Å². The normalized spacial score (nSPS) is 17.4. The smallest absolute Gasteiger partial charge is 0.228 e. The highest BCUT2D eigenvalue weighted by molar-refractivity contribution is 6.33. The lowest BCUT2D eigenvalue weighted by atomic mass is 9.78. The second kappa shape index (κ2) is 11.5. The van der Waals surface area contributed by atoms with Gasteiger partial charge in [0.1, 0.15) is 11.3 Å². The number of aryl methyl sites for hydroxylation is 2. The Balaban J connectivity index is 1.32. The summed E-state index contributed by atoms with van der Waals surface area (Å²) in [7, 11) is 1.81. The Kier molecular flexibility index (Phi) is 7.99. The van der Waals surface area contributed by atoms with Gasteiger partial charge in [0.15, 0.2) is 11.6 Å². The summed E-state index contributed by atoms with van der Waals surface area (Å²) >= 11 is 6.50. The molecular weight excluding hydrogens is 529 g/mol. The maximum Gasteiger partial charge on any atom is 0.228 e. The van der Waals surface area contributed by atoms with E-state index in [0.29, 0.717) is 45.9 Å². The minimum atomic E-state index is -0.433. The lowest BCUT2D eigenvalue weighted by molar-refractivity contribution is -0.121. The highest BCUT2D eigenvalue weighted by Gasteiger charge is 2.29. The number of fused-ring (bicyclic) bond motifs is 1. The van der Waals surface area contributed by atoms with E-state index in [1.54, 1.807) is 16.9 Å². The van der Waals surface area contributed by atoms with Gasteiger partial charge in [-0.2, -0.15) is 5.10 Å². The van der Waals surface area contributed by atoms with Gasteiger partial charge in [-0.3, -0.25) is 19.3 Å². The maximum atomic E-state index is 15.1. The fraction of sp³-hybridized carbons (Fsp3) is 0.387. The first-order valence-electron chi connectivity index (χ1n) is 13.7. The predicted molar refractivity (Wildman–Crippen MR) is 155 cm³/mol. The van der Waals surface area contributed by atoms with Crippen LogP contribution in [-0.2, 0) is 11.8 Å². The van der Waals surface area contributed by atoms with Gasteiger partial charge in [-0.1, -0.05) is 31.9 Å². The number of carbonyl (C=O) groups excluding carboxylic acids is 2. The SMILES string of the molecule is Cc1ccc(C(=O)C[C@@H]2CCC[C@H](C(=O)Nc3cc(-c4cc(F)c5nn(C)c(C(C)C)c5c4)c(Cl)cn3)C2)cn1. The molecule has 1 aliphatic carbocycles. The standard InChI is InChI=1S/C31H33ClFN5O2/c1-17(2)30-24-12-22(13-26(33)29(24)37-38(30)4)23-14-28(35-16-25(23)32)36-31(40)20-7-5-6-19(10-20)11-27(39)21-9-8-18(3)34-15-21/h8-9,12-17,19-20H,5-7,10-11H2,1-4H3,(H,35,36,40)/t19-,20+/m1/s1. The van der Waals surface area contributed by atoms with Crippen LogP contribution in [0.2, 0.25) is 5.02 Å². The molecule has 0 spiro atoms. The number of ketones is 1. The van der Waals surface area contributed by atoms with Crippen molar-refractivity contribution in [1.29, 1.82) is 0 Å². The van der Waals surface area contributed by atoms with Gasteiger partial charge in [-0.15, -0.1) is 0 Å². The van der Waals surface area contributed by atoms with Gasteiger partial charge in [0, 0.05) is 59.7 Å². The average Bonchev–Trinajstić information content (AvgIpc) is 3.26. The molecule has 2 atom stereocenters. The molecule has 0 unspecified atom stereocenters. The van der Waals surface area contributed by atoms with Crippen molar-refractivity contribution in [1.82, 2.24) is 19.7 Å². The fourth-order valence-electron chi connectivity index (χ4n) is 5.80. The van der Waals surface area contributed by atoms with Gasteiger partial charge in [0.05, 0.1) is 5.02 Å². The summed E-state index contributed by atoms with van der Waals surface area (Å²) in [5.41, 5.74) is 3.88. The highest BCUT2D eigenvalue weighted by Crippen LogP contribution is 2.36. The summed E-state index contributed by atoms with van der Waals surface area (Å²) in [6.45, 7) is 5.97. The van der Waals surface area contributed by atoms with Crippen LogP contribution in [0.4, 0.5) is 10.2 Å². The number of anilines is 1. The van der Waals surface area contributed by atoms with Crippen molar-refractivity contribution in [2.75, 3.05) is 5.32 Å². The van der Waals surface area contributed by atoms with Gasteiger partial charge in [-0.25, -0.2) is 9.37 Å². The number of halogens is 2. The zero-order valence-electron chi connectivity index (χ0n) is 23.2. The highest BCUT2D eigenvalue weighted by atomic mass is 35.5. The number of nitrogens with one attached hydrogen (secondary N) is 1. The molecule has 0 aliphatic heterocycles. The number of carbonyl (C=O) groups is 2. The maximum absolute atomic E-state index is 15.1. The van der Waals surface area contributed by atoms with Crippen LogP contribution in [0.1, 0.15) is 73.6 Å². The molecule has 1 fully saturated rings. The van der Waals surface area contributed by atoms with Gasteiger partial charge < -0.3 is 5.32 Å². The molecule has 0 radical (unpaired) electrons. The molecule has 1 amide bonds. The molecule has 1 saturated carbocycles. The Morgan fingerprint density at radius 2 is 1.95 bits per heavy atom. The summed E-state index contributed by atoms with van der Waals surface area (Å²) in [6, 6.07) is 8.63. The first-order chi connectivity index (χ1) is 19.1. The van der Waals surface area contributed by atoms with Crippen molar-refractivity contribution < 1.29 is 14.0 Å². The molecule has 9 heteroatoms.